The molecular formula is C40H23N3O2. The summed E-state index contributed by atoms with van der Waals surface area (Å²) in [5.74, 6) is 0.652. The molecule has 0 radical (unpaired) electrons. The van der Waals surface area contributed by atoms with Gasteiger partial charge in [0, 0.05) is 43.7 Å². The summed E-state index contributed by atoms with van der Waals surface area (Å²) in [6.45, 7) is 0. The van der Waals surface area contributed by atoms with Gasteiger partial charge in [-0.3, -0.25) is 0 Å². The van der Waals surface area contributed by atoms with Gasteiger partial charge in [0.05, 0.1) is 11.0 Å². The van der Waals surface area contributed by atoms with E-state index >= 15 is 0 Å². The molecule has 0 fully saturated rings. The number of para-hydroxylation sites is 3. The Morgan fingerprint density at radius 2 is 1.16 bits per heavy atom. The fourth-order valence-corrected chi connectivity index (χ4v) is 6.76. The number of benzene rings is 6. The van der Waals surface area contributed by atoms with E-state index in [0.717, 1.165) is 77.4 Å². The summed E-state index contributed by atoms with van der Waals surface area (Å²) in [5, 5.41) is 5.52. The lowest BCUT2D eigenvalue weighted by molar-refractivity contribution is 0.667. The van der Waals surface area contributed by atoms with Crippen LogP contribution in [-0.2, 0) is 0 Å². The van der Waals surface area contributed by atoms with E-state index in [0.29, 0.717) is 11.4 Å². The van der Waals surface area contributed by atoms with E-state index in [1.165, 1.54) is 5.39 Å². The van der Waals surface area contributed by atoms with Gasteiger partial charge in [0.15, 0.2) is 11.4 Å². The Bertz CT molecular complexity index is 2770. The minimum atomic E-state index is 0.652. The zero-order valence-electron chi connectivity index (χ0n) is 23.9. The first-order valence-corrected chi connectivity index (χ1v) is 15.0. The second-order valence-electron chi connectivity index (χ2n) is 11.4. The van der Waals surface area contributed by atoms with Gasteiger partial charge in [0.1, 0.15) is 28.0 Å². The highest BCUT2D eigenvalue weighted by Crippen LogP contribution is 2.39. The van der Waals surface area contributed by atoms with Crippen LogP contribution in [-0.4, -0.2) is 14.5 Å². The minimum Gasteiger partial charge on any atom is -0.456 e. The standard InChI is InChI=1S/C40H23N3O2/c1-2-11-24(12-3-1)37-39-38(29-17-6-9-20-35(29)45-39)42-40(41-37)25-13-10-14-26(21-25)43-32-18-7-4-15-27(32)30-23-36-31(22-33(30)43)28-16-5-8-19-34(28)44-36/h1-23H. The van der Waals surface area contributed by atoms with E-state index < -0.39 is 0 Å². The molecule has 6 aromatic carbocycles. The lowest BCUT2D eigenvalue weighted by Crippen LogP contribution is -1.97. The van der Waals surface area contributed by atoms with Crippen molar-refractivity contribution in [3.63, 3.8) is 0 Å². The molecule has 45 heavy (non-hydrogen) atoms. The number of hydrogen-bond donors (Lipinski definition) is 0. The van der Waals surface area contributed by atoms with Gasteiger partial charge >= 0.3 is 0 Å². The highest BCUT2D eigenvalue weighted by molar-refractivity contribution is 6.17. The van der Waals surface area contributed by atoms with Gasteiger partial charge in [-0.15, -0.1) is 0 Å². The largest absolute Gasteiger partial charge is 0.456 e. The van der Waals surface area contributed by atoms with Crippen molar-refractivity contribution >= 4 is 65.8 Å². The molecule has 4 aromatic heterocycles. The number of fused-ring (bicyclic) bond motifs is 9. The number of hydrogen-bond acceptors (Lipinski definition) is 4. The Morgan fingerprint density at radius 1 is 0.444 bits per heavy atom. The Balaban J connectivity index is 1.24. The Morgan fingerprint density at radius 3 is 2.02 bits per heavy atom. The van der Waals surface area contributed by atoms with Crippen LogP contribution in [0.4, 0.5) is 0 Å². The van der Waals surface area contributed by atoms with Crippen molar-refractivity contribution in [3.8, 4) is 28.3 Å². The summed E-state index contributed by atoms with van der Waals surface area (Å²) < 4.78 is 14.9. The minimum absolute atomic E-state index is 0.652. The van der Waals surface area contributed by atoms with Crippen LogP contribution < -0.4 is 0 Å². The Hall–Kier alpha value is -6.20. The third-order valence-corrected chi connectivity index (χ3v) is 8.80. The van der Waals surface area contributed by atoms with Gasteiger partial charge in [-0.1, -0.05) is 91.0 Å². The van der Waals surface area contributed by atoms with Gasteiger partial charge < -0.3 is 13.4 Å². The first-order valence-electron chi connectivity index (χ1n) is 15.0. The third-order valence-electron chi connectivity index (χ3n) is 8.80. The van der Waals surface area contributed by atoms with Gasteiger partial charge in [0.25, 0.3) is 0 Å². The van der Waals surface area contributed by atoms with E-state index in [2.05, 4.69) is 95.6 Å². The van der Waals surface area contributed by atoms with Crippen LogP contribution >= 0.6 is 0 Å². The van der Waals surface area contributed by atoms with E-state index in [-0.39, 0.29) is 0 Å². The summed E-state index contributed by atoms with van der Waals surface area (Å²) >= 11 is 0. The van der Waals surface area contributed by atoms with E-state index in [1.54, 1.807) is 0 Å². The average Bonchev–Trinajstić information content (AvgIpc) is 3.76. The monoisotopic (exact) mass is 577 g/mol. The number of furan rings is 2. The molecule has 0 saturated heterocycles. The second-order valence-corrected chi connectivity index (χ2v) is 11.4. The van der Waals surface area contributed by atoms with Gasteiger partial charge in [-0.05, 0) is 48.5 Å². The molecule has 5 heteroatoms. The molecule has 10 aromatic rings. The molecule has 0 unspecified atom stereocenters. The smallest absolute Gasteiger partial charge is 0.180 e. The topological polar surface area (TPSA) is 57.0 Å². The fraction of sp³-hybridized carbons (Fsp3) is 0. The van der Waals surface area contributed by atoms with Gasteiger partial charge in [-0.2, -0.15) is 0 Å². The summed E-state index contributed by atoms with van der Waals surface area (Å²) in [7, 11) is 0. The maximum atomic E-state index is 6.33. The first-order chi connectivity index (χ1) is 22.3. The fourth-order valence-electron chi connectivity index (χ4n) is 6.76. The first kappa shape index (κ1) is 24.3. The molecule has 5 nitrogen and oxygen atoms in total. The van der Waals surface area contributed by atoms with E-state index in [1.807, 2.05) is 48.5 Å². The average molecular weight is 578 g/mol. The van der Waals surface area contributed by atoms with Crippen molar-refractivity contribution < 1.29 is 8.83 Å². The predicted octanol–water partition coefficient (Wildman–Crippen LogP) is 10.7. The Kier molecular flexibility index (Phi) is 4.93. The molecule has 0 aliphatic heterocycles. The van der Waals surface area contributed by atoms with Crippen LogP contribution in [0.3, 0.4) is 0 Å². The van der Waals surface area contributed by atoms with Crippen LogP contribution in [0.5, 0.6) is 0 Å². The SMILES string of the molecule is c1ccc(-c2nc(-c3cccc(-n4c5ccccc5c5cc6oc7ccccc7c6cc54)c3)nc3c2oc2ccccc23)cc1. The van der Waals surface area contributed by atoms with Crippen LogP contribution in [0.25, 0.3) is 94.1 Å². The molecule has 0 aliphatic rings. The molecular weight excluding hydrogens is 554 g/mol. The van der Waals surface area contributed by atoms with Crippen LogP contribution in [0, 0.1) is 0 Å². The number of nitrogens with zero attached hydrogens (tertiary/aromatic N) is 3. The summed E-state index contributed by atoms with van der Waals surface area (Å²) in [6.07, 6.45) is 0. The van der Waals surface area contributed by atoms with Gasteiger partial charge in [0.2, 0.25) is 0 Å². The quantitative estimate of drug-likeness (QED) is 0.210. The zero-order valence-corrected chi connectivity index (χ0v) is 23.9. The molecule has 0 aliphatic carbocycles. The van der Waals surface area contributed by atoms with Crippen LogP contribution in [0.1, 0.15) is 0 Å². The molecule has 0 spiro atoms. The van der Waals surface area contributed by atoms with Crippen molar-refractivity contribution in [1.29, 1.82) is 0 Å². The van der Waals surface area contributed by atoms with Crippen molar-refractivity contribution in [2.75, 3.05) is 0 Å². The highest BCUT2D eigenvalue weighted by Gasteiger charge is 2.20. The van der Waals surface area contributed by atoms with Crippen molar-refractivity contribution in [3.05, 3.63) is 140 Å². The molecule has 0 atom stereocenters. The maximum absolute atomic E-state index is 6.33. The predicted molar refractivity (Wildman–Crippen MR) is 182 cm³/mol. The lowest BCUT2D eigenvalue weighted by atomic mass is 10.1. The molecule has 4 heterocycles. The maximum Gasteiger partial charge on any atom is 0.180 e. The molecule has 10 rings (SSSR count). The van der Waals surface area contributed by atoms with E-state index in [4.69, 9.17) is 18.8 Å². The molecule has 210 valence electrons. The number of rotatable bonds is 3. The second kappa shape index (κ2) is 9.15. The summed E-state index contributed by atoms with van der Waals surface area (Å²) in [4.78, 5) is 10.2. The van der Waals surface area contributed by atoms with Gasteiger partial charge in [-0.25, -0.2) is 9.97 Å². The van der Waals surface area contributed by atoms with Crippen molar-refractivity contribution in [2.24, 2.45) is 0 Å². The van der Waals surface area contributed by atoms with Crippen molar-refractivity contribution in [1.82, 2.24) is 14.5 Å². The lowest BCUT2D eigenvalue weighted by Gasteiger charge is -2.11. The van der Waals surface area contributed by atoms with Crippen LogP contribution in [0.15, 0.2) is 148 Å². The van der Waals surface area contributed by atoms with Crippen molar-refractivity contribution in [2.45, 2.75) is 0 Å². The highest BCUT2D eigenvalue weighted by atomic mass is 16.3. The summed E-state index contributed by atoms with van der Waals surface area (Å²) in [5.41, 5.74) is 10.1. The third kappa shape index (κ3) is 3.55. The van der Waals surface area contributed by atoms with Crippen LogP contribution in [0.2, 0.25) is 0 Å². The Labute approximate surface area is 256 Å². The van der Waals surface area contributed by atoms with E-state index in [9.17, 15) is 0 Å². The molecule has 0 N–H and O–H groups in total. The normalized spacial score (nSPS) is 12.0. The summed E-state index contributed by atoms with van der Waals surface area (Å²) in [6, 6.07) is 47.9. The molecule has 0 bridgehead atoms. The zero-order chi connectivity index (χ0) is 29.5. The number of aromatic nitrogens is 3. The molecule has 0 amide bonds. The molecule has 0 saturated carbocycles.